The van der Waals surface area contributed by atoms with Gasteiger partial charge < -0.3 is 9.72 Å². The fourth-order valence-electron chi connectivity index (χ4n) is 3.60. The van der Waals surface area contributed by atoms with Gasteiger partial charge in [-0.3, -0.25) is 9.69 Å². The fraction of sp³-hybridized carbons (Fsp3) is 0.526. The van der Waals surface area contributed by atoms with Gasteiger partial charge in [0.1, 0.15) is 5.75 Å². The number of thiazole rings is 1. The molecule has 2 aromatic rings. The molecule has 1 aliphatic heterocycles. The molecule has 5 heteroatoms. The van der Waals surface area contributed by atoms with Gasteiger partial charge in [-0.1, -0.05) is 29.9 Å². The number of nitrogens with zero attached hydrogens (tertiary/aromatic N) is 1. The summed E-state index contributed by atoms with van der Waals surface area (Å²) in [6, 6.07) is 9.05. The Hall–Kier alpha value is -1.59. The van der Waals surface area contributed by atoms with Crippen LogP contribution in [-0.4, -0.2) is 28.6 Å². The minimum Gasteiger partial charge on any atom is -0.493 e. The Bertz CT molecular complexity index is 727. The van der Waals surface area contributed by atoms with Gasteiger partial charge in [0.15, 0.2) is 0 Å². The molecule has 4 nitrogen and oxygen atoms in total. The lowest BCUT2D eigenvalue weighted by Crippen LogP contribution is -2.42. The van der Waals surface area contributed by atoms with E-state index in [0.29, 0.717) is 18.7 Å². The highest BCUT2D eigenvalue weighted by atomic mass is 32.1. The number of hydrogen-bond acceptors (Lipinski definition) is 4. The van der Waals surface area contributed by atoms with Crippen molar-refractivity contribution in [3.8, 4) is 17.0 Å². The molecule has 130 valence electrons. The second kappa shape index (κ2) is 7.53. The number of H-pyrrole nitrogens is 1. The number of piperidine rings is 1. The van der Waals surface area contributed by atoms with Crippen molar-refractivity contribution in [2.75, 3.05) is 6.61 Å². The van der Waals surface area contributed by atoms with E-state index in [0.717, 1.165) is 28.4 Å². The van der Waals surface area contributed by atoms with E-state index in [1.54, 1.807) is 0 Å². The van der Waals surface area contributed by atoms with Crippen LogP contribution >= 0.6 is 11.3 Å². The first-order chi connectivity index (χ1) is 11.6. The van der Waals surface area contributed by atoms with Crippen LogP contribution in [0.1, 0.15) is 44.9 Å². The quantitative estimate of drug-likeness (QED) is 0.879. The average Bonchev–Trinajstić information content (AvgIpc) is 2.92. The van der Waals surface area contributed by atoms with E-state index in [-0.39, 0.29) is 4.87 Å². The molecule has 1 aromatic heterocycles. The number of nitrogens with one attached hydrogen (secondary N) is 1. The molecule has 0 aliphatic carbocycles. The molecule has 1 saturated heterocycles. The molecule has 24 heavy (non-hydrogen) atoms. The molecule has 1 aliphatic rings. The average molecular weight is 346 g/mol. The Balaban J connectivity index is 1.95. The van der Waals surface area contributed by atoms with E-state index in [1.807, 2.05) is 31.2 Å². The van der Waals surface area contributed by atoms with Crippen molar-refractivity contribution in [1.29, 1.82) is 0 Å². The van der Waals surface area contributed by atoms with Crippen LogP contribution in [0, 0.1) is 0 Å². The van der Waals surface area contributed by atoms with Crippen LogP contribution in [0.4, 0.5) is 0 Å². The maximum Gasteiger partial charge on any atom is 0.305 e. The number of rotatable bonds is 5. The highest BCUT2D eigenvalue weighted by Crippen LogP contribution is 2.34. The molecule has 0 amide bonds. The number of para-hydroxylation sites is 1. The third kappa shape index (κ3) is 3.57. The largest absolute Gasteiger partial charge is 0.493 e. The molecule has 1 aromatic carbocycles. The van der Waals surface area contributed by atoms with Gasteiger partial charge in [-0.25, -0.2) is 0 Å². The first kappa shape index (κ1) is 17.2. The summed E-state index contributed by atoms with van der Waals surface area (Å²) in [5.74, 6) is 0.829. The molecular formula is C19H26N2O2S. The maximum atomic E-state index is 12.1. The van der Waals surface area contributed by atoms with Gasteiger partial charge in [-0.15, -0.1) is 0 Å². The molecule has 0 bridgehead atoms. The summed E-state index contributed by atoms with van der Waals surface area (Å²) in [4.78, 5) is 18.7. The maximum absolute atomic E-state index is 12.1. The summed E-state index contributed by atoms with van der Waals surface area (Å²) in [7, 11) is 0. The topological polar surface area (TPSA) is 45.3 Å². The van der Waals surface area contributed by atoms with Gasteiger partial charge in [0.05, 0.1) is 12.3 Å². The molecule has 0 radical (unpaired) electrons. The number of ether oxygens (including phenoxy) is 1. The van der Waals surface area contributed by atoms with Crippen molar-refractivity contribution in [2.45, 2.75) is 58.7 Å². The van der Waals surface area contributed by atoms with Crippen LogP contribution in [0.2, 0.25) is 0 Å². The highest BCUT2D eigenvalue weighted by Gasteiger charge is 2.26. The second-order valence-corrected chi connectivity index (χ2v) is 7.61. The van der Waals surface area contributed by atoms with Crippen molar-refractivity contribution < 1.29 is 4.74 Å². The van der Waals surface area contributed by atoms with Gasteiger partial charge >= 0.3 is 4.87 Å². The molecule has 1 N–H and O–H groups in total. The molecule has 1 fully saturated rings. The lowest BCUT2D eigenvalue weighted by Gasteiger charge is -2.38. The van der Waals surface area contributed by atoms with Crippen LogP contribution in [0.25, 0.3) is 11.3 Å². The van der Waals surface area contributed by atoms with Crippen LogP contribution in [-0.2, 0) is 6.54 Å². The van der Waals surface area contributed by atoms with Gasteiger partial charge in [0.2, 0.25) is 0 Å². The lowest BCUT2D eigenvalue weighted by molar-refractivity contribution is 0.0965. The summed E-state index contributed by atoms with van der Waals surface area (Å²) in [5, 5.41) is 0. The van der Waals surface area contributed by atoms with Gasteiger partial charge in [-0.05, 0) is 45.7 Å². The highest BCUT2D eigenvalue weighted by molar-refractivity contribution is 7.09. The van der Waals surface area contributed by atoms with Crippen molar-refractivity contribution >= 4 is 11.3 Å². The smallest absolute Gasteiger partial charge is 0.305 e. The zero-order chi connectivity index (χ0) is 17.1. The Kier molecular flexibility index (Phi) is 5.41. The van der Waals surface area contributed by atoms with Gasteiger partial charge in [0, 0.05) is 29.1 Å². The number of benzene rings is 1. The van der Waals surface area contributed by atoms with Crippen molar-refractivity contribution in [3.63, 3.8) is 0 Å². The minimum atomic E-state index is 0.00335. The zero-order valence-electron chi connectivity index (χ0n) is 14.7. The lowest BCUT2D eigenvalue weighted by atomic mass is 9.97. The van der Waals surface area contributed by atoms with E-state index >= 15 is 0 Å². The van der Waals surface area contributed by atoms with E-state index in [9.17, 15) is 4.79 Å². The Morgan fingerprint density at radius 3 is 2.67 bits per heavy atom. The predicted molar refractivity (Wildman–Crippen MR) is 99.9 cm³/mol. The van der Waals surface area contributed by atoms with Crippen LogP contribution < -0.4 is 9.61 Å². The third-order valence-electron chi connectivity index (χ3n) is 4.88. The summed E-state index contributed by atoms with van der Waals surface area (Å²) in [5.41, 5.74) is 1.89. The van der Waals surface area contributed by atoms with E-state index in [4.69, 9.17) is 4.74 Å². The molecule has 2 heterocycles. The number of aromatic amines is 1. The predicted octanol–water partition coefficient (Wildman–Crippen LogP) is 4.27. The fourth-order valence-corrected chi connectivity index (χ4v) is 4.45. The SMILES string of the molecule is CCOc1ccccc1-c1[nH]c(=O)sc1CN1C(C)CCCC1C. The summed E-state index contributed by atoms with van der Waals surface area (Å²) in [6.07, 6.45) is 3.76. The second-order valence-electron chi connectivity index (χ2n) is 6.54. The molecule has 0 saturated carbocycles. The molecule has 0 spiro atoms. The van der Waals surface area contributed by atoms with E-state index < -0.39 is 0 Å². The van der Waals surface area contributed by atoms with Crippen molar-refractivity contribution in [2.24, 2.45) is 0 Å². The van der Waals surface area contributed by atoms with E-state index in [1.165, 1.54) is 30.6 Å². The van der Waals surface area contributed by atoms with Crippen molar-refractivity contribution in [1.82, 2.24) is 9.88 Å². The zero-order valence-corrected chi connectivity index (χ0v) is 15.5. The third-order valence-corrected chi connectivity index (χ3v) is 5.75. The summed E-state index contributed by atoms with van der Waals surface area (Å²) in [6.45, 7) is 7.99. The minimum absolute atomic E-state index is 0.00335. The van der Waals surface area contributed by atoms with Crippen LogP contribution in [0.3, 0.4) is 0 Å². The van der Waals surface area contributed by atoms with Crippen LogP contribution in [0.5, 0.6) is 5.75 Å². The Morgan fingerprint density at radius 2 is 1.96 bits per heavy atom. The van der Waals surface area contributed by atoms with Gasteiger partial charge in [-0.2, -0.15) is 0 Å². The molecule has 2 atom stereocenters. The standard InChI is InChI=1S/C19H26N2O2S/c1-4-23-16-11-6-5-10-15(16)18-17(24-19(22)20-18)12-21-13(2)8-7-9-14(21)3/h5-6,10-11,13-14H,4,7-9,12H2,1-3H3,(H,20,22). The first-order valence-corrected chi connectivity index (χ1v) is 9.61. The molecule has 3 rings (SSSR count). The molecule has 2 unspecified atom stereocenters. The molecular weight excluding hydrogens is 320 g/mol. The Morgan fingerprint density at radius 1 is 1.25 bits per heavy atom. The monoisotopic (exact) mass is 346 g/mol. The Labute approximate surface area is 147 Å². The number of hydrogen-bond donors (Lipinski definition) is 1. The summed E-state index contributed by atoms with van der Waals surface area (Å²) >= 11 is 1.33. The number of likely N-dealkylation sites (tertiary alicyclic amines) is 1. The first-order valence-electron chi connectivity index (χ1n) is 8.80. The van der Waals surface area contributed by atoms with E-state index in [2.05, 4.69) is 23.7 Å². The van der Waals surface area contributed by atoms with Crippen molar-refractivity contribution in [3.05, 3.63) is 38.8 Å². The normalized spacial score (nSPS) is 21.8. The van der Waals surface area contributed by atoms with Gasteiger partial charge in [0.25, 0.3) is 0 Å². The summed E-state index contributed by atoms with van der Waals surface area (Å²) < 4.78 is 5.76. The van der Waals surface area contributed by atoms with Crippen LogP contribution in [0.15, 0.2) is 29.1 Å². The number of aromatic nitrogens is 1.